The van der Waals surface area contributed by atoms with Gasteiger partial charge in [0.2, 0.25) is 27.7 Å². The molecule has 4 atom stereocenters. The molecule has 3 heterocycles. The number of ether oxygens (including phenoxy) is 3. The second-order valence-electron chi connectivity index (χ2n) is 9.06. The largest absolute Gasteiger partial charge is 0.479 e. The Morgan fingerprint density at radius 3 is 2.31 bits per heavy atom. The third-order valence-electron chi connectivity index (χ3n) is 6.83. The average Bonchev–Trinajstić information content (AvgIpc) is 3.35. The first-order valence-corrected chi connectivity index (χ1v) is 14.2. The summed E-state index contributed by atoms with van der Waals surface area (Å²) in [5, 5.41) is 17.8. The molecular weight excluding hydrogens is 552 g/mol. The molecule has 0 bridgehead atoms. The van der Waals surface area contributed by atoms with Crippen LogP contribution in [0.2, 0.25) is 5.02 Å². The molecular formula is C23H31ClN8O6S. The van der Waals surface area contributed by atoms with E-state index in [2.05, 4.69) is 34.9 Å². The van der Waals surface area contributed by atoms with Gasteiger partial charge in [0.1, 0.15) is 23.5 Å². The Balaban J connectivity index is 1.81. The molecule has 212 valence electrons. The smallest absolute Gasteiger partial charge is 0.245 e. The van der Waals surface area contributed by atoms with Crippen molar-refractivity contribution in [3.63, 3.8) is 0 Å². The number of aliphatic hydroxyl groups is 1. The van der Waals surface area contributed by atoms with Gasteiger partial charge in [0.05, 0.1) is 19.2 Å². The Kier molecular flexibility index (Phi) is 9.15. The van der Waals surface area contributed by atoms with Crippen LogP contribution in [0.4, 0.5) is 5.95 Å². The number of aromatic nitrogens is 7. The molecule has 3 aromatic heterocycles. The Morgan fingerprint density at radius 2 is 1.72 bits per heavy atom. The molecule has 0 unspecified atom stereocenters. The van der Waals surface area contributed by atoms with Gasteiger partial charge in [0.15, 0.2) is 11.5 Å². The van der Waals surface area contributed by atoms with Crippen molar-refractivity contribution >= 4 is 27.6 Å². The van der Waals surface area contributed by atoms with Crippen LogP contribution in [0.25, 0.3) is 5.69 Å². The Bertz CT molecular complexity index is 1350. The van der Waals surface area contributed by atoms with Gasteiger partial charge in [-0.3, -0.25) is 9.29 Å². The SMILES string of the molecule is COc1ncnc(OC)c1-n1c(NS(=O)(=O)[C@@H](C)[C@H](OC)c2ncc(Cl)cn2)nnc1[C@H]1CCCC[C@@H]1CO. The van der Waals surface area contributed by atoms with Crippen LogP contribution in [-0.2, 0) is 14.8 Å². The van der Waals surface area contributed by atoms with Crippen molar-refractivity contribution in [3.05, 3.63) is 35.4 Å². The molecule has 0 aliphatic heterocycles. The van der Waals surface area contributed by atoms with Crippen molar-refractivity contribution < 1.29 is 27.7 Å². The Labute approximate surface area is 231 Å². The second-order valence-corrected chi connectivity index (χ2v) is 11.5. The van der Waals surface area contributed by atoms with Crippen LogP contribution in [-0.4, -0.2) is 81.4 Å². The van der Waals surface area contributed by atoms with E-state index < -0.39 is 21.4 Å². The molecule has 0 aromatic carbocycles. The van der Waals surface area contributed by atoms with Gasteiger partial charge >= 0.3 is 0 Å². The van der Waals surface area contributed by atoms with E-state index in [4.69, 9.17) is 25.8 Å². The van der Waals surface area contributed by atoms with Crippen LogP contribution < -0.4 is 14.2 Å². The van der Waals surface area contributed by atoms with Gasteiger partial charge in [0.25, 0.3) is 0 Å². The zero-order chi connectivity index (χ0) is 28.2. The van der Waals surface area contributed by atoms with E-state index in [9.17, 15) is 13.5 Å². The van der Waals surface area contributed by atoms with Crippen LogP contribution in [0.3, 0.4) is 0 Å². The molecule has 0 amide bonds. The summed E-state index contributed by atoms with van der Waals surface area (Å²) >= 11 is 5.89. The van der Waals surface area contributed by atoms with Gasteiger partial charge in [-0.15, -0.1) is 10.2 Å². The number of aliphatic hydroxyl groups excluding tert-OH is 1. The minimum absolute atomic E-state index is 0.0498. The van der Waals surface area contributed by atoms with Crippen LogP contribution in [0, 0.1) is 5.92 Å². The highest BCUT2D eigenvalue weighted by Gasteiger charge is 2.37. The lowest BCUT2D eigenvalue weighted by Crippen LogP contribution is -2.33. The summed E-state index contributed by atoms with van der Waals surface area (Å²) < 4.78 is 47.8. The normalized spacial score (nSPS) is 19.3. The molecule has 14 nitrogen and oxygen atoms in total. The number of rotatable bonds is 11. The summed E-state index contributed by atoms with van der Waals surface area (Å²) in [6.07, 6.45) is 6.39. The van der Waals surface area contributed by atoms with Crippen molar-refractivity contribution in [1.82, 2.24) is 34.7 Å². The molecule has 39 heavy (non-hydrogen) atoms. The Morgan fingerprint density at radius 1 is 1.08 bits per heavy atom. The predicted octanol–water partition coefficient (Wildman–Crippen LogP) is 2.30. The molecule has 1 fully saturated rings. The zero-order valence-corrected chi connectivity index (χ0v) is 23.6. The first-order chi connectivity index (χ1) is 18.7. The fourth-order valence-corrected chi connectivity index (χ4v) is 6.01. The monoisotopic (exact) mass is 582 g/mol. The number of halogens is 1. The summed E-state index contributed by atoms with van der Waals surface area (Å²) in [5.41, 5.74) is 0.222. The maximum atomic E-state index is 13.7. The predicted molar refractivity (Wildman–Crippen MR) is 141 cm³/mol. The van der Waals surface area contributed by atoms with Crippen molar-refractivity contribution in [2.75, 3.05) is 32.7 Å². The van der Waals surface area contributed by atoms with E-state index in [0.29, 0.717) is 10.8 Å². The van der Waals surface area contributed by atoms with Gasteiger partial charge in [-0.1, -0.05) is 24.4 Å². The molecule has 0 spiro atoms. The first-order valence-electron chi connectivity index (χ1n) is 12.3. The standard InChI is InChI=1S/C23H31ClN8O6S/c1-13(18(36-2)19-25-9-15(24)10-26-19)39(34,35)31-23-30-29-20(16-8-6-5-7-14(16)11-33)32(23)17-21(37-3)27-12-28-22(17)38-4/h9-10,12-14,16,18,33H,5-8,11H2,1-4H3,(H,30,31)/t13-,14+,16-,18-/m0/s1. The zero-order valence-electron chi connectivity index (χ0n) is 22.0. The molecule has 1 aliphatic carbocycles. The number of sulfonamides is 1. The minimum Gasteiger partial charge on any atom is -0.479 e. The topological polar surface area (TPSA) is 176 Å². The summed E-state index contributed by atoms with van der Waals surface area (Å²) in [7, 11) is 0.0418. The quantitative estimate of drug-likeness (QED) is 0.338. The van der Waals surface area contributed by atoms with Gasteiger partial charge in [0, 0.05) is 32.0 Å². The fourth-order valence-electron chi connectivity index (χ4n) is 4.79. The molecule has 3 aromatic rings. The van der Waals surface area contributed by atoms with E-state index in [1.807, 2.05) is 0 Å². The van der Waals surface area contributed by atoms with Crippen LogP contribution in [0.15, 0.2) is 18.7 Å². The lowest BCUT2D eigenvalue weighted by molar-refractivity contribution is 0.0950. The van der Waals surface area contributed by atoms with E-state index in [-0.39, 0.29) is 47.7 Å². The number of hydrogen-bond donors (Lipinski definition) is 2. The van der Waals surface area contributed by atoms with Gasteiger partial charge in [-0.2, -0.15) is 9.97 Å². The third kappa shape index (κ3) is 5.90. The highest BCUT2D eigenvalue weighted by Crippen LogP contribution is 2.41. The van der Waals surface area contributed by atoms with Crippen LogP contribution >= 0.6 is 11.6 Å². The van der Waals surface area contributed by atoms with Gasteiger partial charge in [-0.05, 0) is 25.7 Å². The van der Waals surface area contributed by atoms with E-state index in [1.54, 1.807) is 0 Å². The molecule has 16 heteroatoms. The van der Waals surface area contributed by atoms with Gasteiger partial charge in [-0.25, -0.2) is 18.4 Å². The fraction of sp³-hybridized carbons (Fsp3) is 0.565. The third-order valence-corrected chi connectivity index (χ3v) is 8.72. The maximum Gasteiger partial charge on any atom is 0.245 e. The first kappa shape index (κ1) is 28.9. The lowest BCUT2D eigenvalue weighted by atomic mass is 9.79. The second kappa shape index (κ2) is 12.4. The van der Waals surface area contributed by atoms with Crippen LogP contribution in [0.5, 0.6) is 11.8 Å². The summed E-state index contributed by atoms with van der Waals surface area (Å²) in [5.74, 6) is 0.387. The summed E-state index contributed by atoms with van der Waals surface area (Å²) in [6.45, 7) is 1.41. The number of anilines is 1. The number of hydrogen-bond acceptors (Lipinski definition) is 12. The molecule has 4 rings (SSSR count). The number of nitrogens with zero attached hydrogens (tertiary/aromatic N) is 7. The average molecular weight is 583 g/mol. The number of nitrogens with one attached hydrogen (secondary N) is 1. The van der Waals surface area contributed by atoms with Crippen molar-refractivity contribution in [3.8, 4) is 17.4 Å². The molecule has 0 saturated heterocycles. The molecule has 1 saturated carbocycles. The maximum absolute atomic E-state index is 13.7. The van der Waals surface area contributed by atoms with E-state index >= 15 is 0 Å². The highest BCUT2D eigenvalue weighted by molar-refractivity contribution is 7.93. The van der Waals surface area contributed by atoms with Crippen molar-refractivity contribution in [2.45, 2.75) is 49.9 Å². The molecule has 1 aliphatic rings. The van der Waals surface area contributed by atoms with Crippen molar-refractivity contribution in [2.24, 2.45) is 5.92 Å². The minimum atomic E-state index is -4.17. The highest BCUT2D eigenvalue weighted by atomic mass is 35.5. The van der Waals surface area contributed by atoms with Crippen LogP contribution in [0.1, 0.15) is 56.3 Å². The molecule has 0 radical (unpaired) electrons. The Hall–Kier alpha value is -3.14. The van der Waals surface area contributed by atoms with E-state index in [0.717, 1.165) is 25.7 Å². The lowest BCUT2D eigenvalue weighted by Gasteiger charge is -2.30. The van der Waals surface area contributed by atoms with E-state index in [1.165, 1.54) is 51.5 Å². The summed E-state index contributed by atoms with van der Waals surface area (Å²) in [6, 6.07) is 0. The number of methoxy groups -OCH3 is 3. The van der Waals surface area contributed by atoms with Crippen molar-refractivity contribution in [1.29, 1.82) is 0 Å². The van der Waals surface area contributed by atoms with Gasteiger partial charge < -0.3 is 19.3 Å². The summed E-state index contributed by atoms with van der Waals surface area (Å²) in [4.78, 5) is 16.6. The molecule has 2 N–H and O–H groups in total.